The van der Waals surface area contributed by atoms with Gasteiger partial charge in [-0.1, -0.05) is 6.07 Å². The van der Waals surface area contributed by atoms with Gasteiger partial charge in [0.05, 0.1) is 13.7 Å². The number of nitrogens with one attached hydrogen (secondary N) is 1. The molecule has 0 amide bonds. The number of ether oxygens (including phenoxy) is 2. The van der Waals surface area contributed by atoms with E-state index in [2.05, 4.69) is 12.2 Å². The number of benzene rings is 1. The lowest BCUT2D eigenvalue weighted by atomic mass is 10.1. The van der Waals surface area contributed by atoms with E-state index in [0.29, 0.717) is 6.61 Å². The molecule has 0 fully saturated rings. The largest absolute Gasteiger partial charge is 0.497 e. The van der Waals surface area contributed by atoms with E-state index in [1.54, 1.807) is 7.11 Å². The van der Waals surface area contributed by atoms with E-state index < -0.39 is 0 Å². The summed E-state index contributed by atoms with van der Waals surface area (Å²) in [5.74, 6) is 1.67. The number of aliphatic hydroxyl groups excluding tert-OH is 1. The third-order valence-electron chi connectivity index (χ3n) is 3.18. The zero-order valence-corrected chi connectivity index (χ0v) is 12.1. The summed E-state index contributed by atoms with van der Waals surface area (Å²) < 4.78 is 11.1. The lowest BCUT2D eigenvalue weighted by molar-refractivity contribution is 0.264. The van der Waals surface area contributed by atoms with Crippen LogP contribution in [0.2, 0.25) is 0 Å². The van der Waals surface area contributed by atoms with Crippen LogP contribution in [0.5, 0.6) is 11.5 Å². The van der Waals surface area contributed by atoms with Gasteiger partial charge in [0.1, 0.15) is 11.5 Å². The fourth-order valence-corrected chi connectivity index (χ4v) is 1.85. The SMILES string of the molecule is CNC(C)c1ccc(OC)cc1OCCCCCO. The van der Waals surface area contributed by atoms with Crippen LogP contribution in [0.15, 0.2) is 18.2 Å². The Morgan fingerprint density at radius 1 is 1.26 bits per heavy atom. The van der Waals surface area contributed by atoms with Crippen molar-refractivity contribution in [3.8, 4) is 11.5 Å². The highest BCUT2D eigenvalue weighted by Gasteiger charge is 2.11. The highest BCUT2D eigenvalue weighted by atomic mass is 16.5. The maximum absolute atomic E-state index is 8.73. The molecule has 108 valence electrons. The average molecular weight is 267 g/mol. The third kappa shape index (κ3) is 5.09. The van der Waals surface area contributed by atoms with Crippen molar-refractivity contribution in [2.24, 2.45) is 0 Å². The van der Waals surface area contributed by atoms with Gasteiger partial charge in [0.15, 0.2) is 0 Å². The molecule has 0 spiro atoms. The minimum atomic E-state index is 0.235. The normalized spacial score (nSPS) is 12.2. The van der Waals surface area contributed by atoms with E-state index in [1.165, 1.54) is 0 Å². The van der Waals surface area contributed by atoms with Gasteiger partial charge >= 0.3 is 0 Å². The van der Waals surface area contributed by atoms with E-state index in [0.717, 1.165) is 36.3 Å². The second-order valence-corrected chi connectivity index (χ2v) is 4.55. The lowest BCUT2D eigenvalue weighted by Crippen LogP contribution is -2.14. The Labute approximate surface area is 115 Å². The minimum absolute atomic E-state index is 0.235. The Balaban J connectivity index is 2.66. The smallest absolute Gasteiger partial charge is 0.127 e. The molecular weight excluding hydrogens is 242 g/mol. The maximum atomic E-state index is 8.73. The zero-order chi connectivity index (χ0) is 14.1. The van der Waals surface area contributed by atoms with Crippen LogP contribution in [-0.4, -0.2) is 32.5 Å². The Kier molecular flexibility index (Phi) is 7.30. The molecule has 0 radical (unpaired) electrons. The van der Waals surface area contributed by atoms with Crippen molar-refractivity contribution in [2.75, 3.05) is 27.4 Å². The maximum Gasteiger partial charge on any atom is 0.127 e. The molecule has 4 heteroatoms. The van der Waals surface area contributed by atoms with Crippen LogP contribution in [-0.2, 0) is 0 Å². The molecule has 19 heavy (non-hydrogen) atoms. The lowest BCUT2D eigenvalue weighted by Gasteiger charge is -2.17. The predicted octanol–water partition coefficient (Wildman–Crippen LogP) is 2.52. The predicted molar refractivity (Wildman–Crippen MR) is 76.9 cm³/mol. The number of hydrogen-bond donors (Lipinski definition) is 2. The molecule has 0 bridgehead atoms. The van der Waals surface area contributed by atoms with Gasteiger partial charge in [-0.2, -0.15) is 0 Å². The molecule has 0 saturated heterocycles. The van der Waals surface area contributed by atoms with E-state index in [1.807, 2.05) is 25.2 Å². The van der Waals surface area contributed by atoms with E-state index >= 15 is 0 Å². The molecule has 0 aliphatic carbocycles. The first kappa shape index (κ1) is 15.8. The number of hydrogen-bond acceptors (Lipinski definition) is 4. The van der Waals surface area contributed by atoms with Gasteiger partial charge in [0, 0.05) is 24.3 Å². The van der Waals surface area contributed by atoms with Gasteiger partial charge in [-0.25, -0.2) is 0 Å². The van der Waals surface area contributed by atoms with Crippen molar-refractivity contribution in [3.05, 3.63) is 23.8 Å². The van der Waals surface area contributed by atoms with Crippen LogP contribution in [0.3, 0.4) is 0 Å². The second kappa shape index (κ2) is 8.77. The topological polar surface area (TPSA) is 50.7 Å². The van der Waals surface area contributed by atoms with E-state index in [-0.39, 0.29) is 12.6 Å². The molecule has 1 rings (SSSR count). The van der Waals surface area contributed by atoms with Gasteiger partial charge in [-0.3, -0.25) is 0 Å². The van der Waals surface area contributed by atoms with Crippen molar-refractivity contribution in [2.45, 2.75) is 32.2 Å². The van der Waals surface area contributed by atoms with Crippen molar-refractivity contribution in [3.63, 3.8) is 0 Å². The van der Waals surface area contributed by atoms with Gasteiger partial charge in [0.2, 0.25) is 0 Å². The van der Waals surface area contributed by atoms with Crippen LogP contribution in [0.4, 0.5) is 0 Å². The molecule has 0 heterocycles. The first-order valence-electron chi connectivity index (χ1n) is 6.81. The van der Waals surface area contributed by atoms with Crippen molar-refractivity contribution in [1.29, 1.82) is 0 Å². The second-order valence-electron chi connectivity index (χ2n) is 4.55. The Hall–Kier alpha value is -1.26. The van der Waals surface area contributed by atoms with Gasteiger partial charge in [0.25, 0.3) is 0 Å². The van der Waals surface area contributed by atoms with Gasteiger partial charge in [-0.05, 0) is 39.3 Å². The average Bonchev–Trinajstić information content (AvgIpc) is 2.46. The number of methoxy groups -OCH3 is 1. The highest BCUT2D eigenvalue weighted by Crippen LogP contribution is 2.29. The molecular formula is C15H25NO3. The van der Waals surface area contributed by atoms with Crippen LogP contribution in [0.1, 0.15) is 37.8 Å². The summed E-state index contributed by atoms with van der Waals surface area (Å²) in [6.45, 7) is 3.01. The molecule has 4 nitrogen and oxygen atoms in total. The summed E-state index contributed by atoms with van der Waals surface area (Å²) in [6.07, 6.45) is 2.77. The summed E-state index contributed by atoms with van der Waals surface area (Å²) >= 11 is 0. The van der Waals surface area contributed by atoms with Crippen molar-refractivity contribution in [1.82, 2.24) is 5.32 Å². The van der Waals surface area contributed by atoms with Gasteiger partial charge in [-0.15, -0.1) is 0 Å². The molecule has 0 aliphatic rings. The fraction of sp³-hybridized carbons (Fsp3) is 0.600. The monoisotopic (exact) mass is 267 g/mol. The fourth-order valence-electron chi connectivity index (χ4n) is 1.85. The summed E-state index contributed by atoms with van der Waals surface area (Å²) in [4.78, 5) is 0. The molecule has 1 atom stereocenters. The summed E-state index contributed by atoms with van der Waals surface area (Å²) in [7, 11) is 3.58. The van der Waals surface area contributed by atoms with E-state index in [9.17, 15) is 0 Å². The Morgan fingerprint density at radius 3 is 2.68 bits per heavy atom. The molecule has 1 unspecified atom stereocenters. The van der Waals surface area contributed by atoms with Crippen LogP contribution in [0, 0.1) is 0 Å². The Bertz CT molecular complexity index is 368. The van der Waals surface area contributed by atoms with Crippen molar-refractivity contribution >= 4 is 0 Å². The number of rotatable bonds is 9. The quantitative estimate of drug-likeness (QED) is 0.675. The molecule has 1 aromatic rings. The van der Waals surface area contributed by atoms with Crippen LogP contribution in [0.25, 0.3) is 0 Å². The summed E-state index contributed by atoms with van der Waals surface area (Å²) in [5.41, 5.74) is 1.13. The van der Waals surface area contributed by atoms with Crippen LogP contribution < -0.4 is 14.8 Å². The highest BCUT2D eigenvalue weighted by molar-refractivity contribution is 5.42. The summed E-state index contributed by atoms with van der Waals surface area (Å²) in [5, 5.41) is 12.0. The Morgan fingerprint density at radius 2 is 2.05 bits per heavy atom. The molecule has 0 saturated carbocycles. The minimum Gasteiger partial charge on any atom is -0.497 e. The molecule has 1 aromatic carbocycles. The standard InChI is InChI=1S/C15H25NO3/c1-12(16-2)14-8-7-13(18-3)11-15(14)19-10-6-4-5-9-17/h7-8,11-12,16-17H,4-6,9-10H2,1-3H3. The molecule has 0 aliphatic heterocycles. The number of aliphatic hydroxyl groups is 1. The number of unbranched alkanes of at least 4 members (excludes halogenated alkanes) is 2. The van der Waals surface area contributed by atoms with Crippen LogP contribution >= 0.6 is 0 Å². The van der Waals surface area contributed by atoms with Crippen molar-refractivity contribution < 1.29 is 14.6 Å². The molecule has 2 N–H and O–H groups in total. The third-order valence-corrected chi connectivity index (χ3v) is 3.18. The first-order chi connectivity index (χ1) is 9.22. The first-order valence-corrected chi connectivity index (χ1v) is 6.81. The summed E-state index contributed by atoms with van der Waals surface area (Å²) in [6, 6.07) is 6.14. The van der Waals surface area contributed by atoms with E-state index in [4.69, 9.17) is 14.6 Å². The zero-order valence-electron chi connectivity index (χ0n) is 12.1. The van der Waals surface area contributed by atoms with Gasteiger partial charge < -0.3 is 19.9 Å². The molecule has 0 aromatic heterocycles.